The molecule has 86 valence electrons. The van der Waals surface area contributed by atoms with Crippen LogP contribution in [0.15, 0.2) is 41.0 Å². The number of rotatable bonds is 0. The van der Waals surface area contributed by atoms with Gasteiger partial charge in [0.15, 0.2) is 0 Å². The second-order valence-corrected chi connectivity index (χ2v) is 4.17. The van der Waals surface area contributed by atoms with Crippen LogP contribution in [0.3, 0.4) is 0 Å². The molecule has 0 unspecified atom stereocenters. The van der Waals surface area contributed by atoms with Gasteiger partial charge in [-0.25, -0.2) is 9.59 Å². The SMILES string of the molecule is O=C1OC(=O)c2cc3ccoc3c3cccc1c23. The highest BCUT2D eigenvalue weighted by molar-refractivity contribution is 6.25. The van der Waals surface area contributed by atoms with Crippen LogP contribution in [0, 0.1) is 0 Å². The zero-order valence-electron chi connectivity index (χ0n) is 9.10. The number of furan rings is 1. The van der Waals surface area contributed by atoms with Gasteiger partial charge < -0.3 is 9.15 Å². The standard InChI is InChI=1S/C14H6O4/c15-13-9-3-1-2-8-11(9)10(14(16)18-13)6-7-4-5-17-12(7)8/h1-6H. The lowest BCUT2D eigenvalue weighted by Crippen LogP contribution is -2.19. The molecule has 0 radical (unpaired) electrons. The van der Waals surface area contributed by atoms with Crippen molar-refractivity contribution in [2.75, 3.05) is 0 Å². The van der Waals surface area contributed by atoms with E-state index in [4.69, 9.17) is 9.15 Å². The molecule has 0 atom stereocenters. The molecule has 0 spiro atoms. The molecule has 0 amide bonds. The average molecular weight is 238 g/mol. The molecule has 0 N–H and O–H groups in total. The minimum Gasteiger partial charge on any atom is -0.464 e. The van der Waals surface area contributed by atoms with Gasteiger partial charge in [0.1, 0.15) is 5.58 Å². The summed E-state index contributed by atoms with van der Waals surface area (Å²) in [5.41, 5.74) is 1.49. The van der Waals surface area contributed by atoms with Gasteiger partial charge in [0.05, 0.1) is 17.4 Å². The largest absolute Gasteiger partial charge is 0.464 e. The van der Waals surface area contributed by atoms with Gasteiger partial charge in [-0.1, -0.05) is 12.1 Å². The van der Waals surface area contributed by atoms with Gasteiger partial charge in [-0.05, 0) is 18.2 Å². The third-order valence-corrected chi connectivity index (χ3v) is 3.20. The van der Waals surface area contributed by atoms with E-state index >= 15 is 0 Å². The van der Waals surface area contributed by atoms with E-state index < -0.39 is 11.9 Å². The molecule has 4 rings (SSSR count). The lowest BCUT2D eigenvalue weighted by atomic mass is 9.95. The Balaban J connectivity index is 2.35. The molecule has 1 aliphatic heterocycles. The first-order valence-corrected chi connectivity index (χ1v) is 5.45. The maximum absolute atomic E-state index is 11.8. The number of carbonyl (C=O) groups is 2. The van der Waals surface area contributed by atoms with Crippen LogP contribution in [0.4, 0.5) is 0 Å². The normalized spacial score (nSPS) is 14.2. The molecule has 0 aliphatic carbocycles. The molecule has 1 aromatic heterocycles. The molecule has 3 aromatic rings. The molecule has 2 heterocycles. The second-order valence-electron chi connectivity index (χ2n) is 4.17. The lowest BCUT2D eigenvalue weighted by Gasteiger charge is -2.15. The fourth-order valence-corrected chi connectivity index (χ4v) is 2.44. The fraction of sp³-hybridized carbons (Fsp3) is 0. The Hall–Kier alpha value is -2.62. The van der Waals surface area contributed by atoms with Crippen LogP contribution >= 0.6 is 0 Å². The van der Waals surface area contributed by atoms with Crippen LogP contribution in [-0.4, -0.2) is 11.9 Å². The van der Waals surface area contributed by atoms with E-state index in [2.05, 4.69) is 0 Å². The molecule has 0 saturated carbocycles. The number of carbonyl (C=O) groups excluding carboxylic acids is 2. The van der Waals surface area contributed by atoms with Gasteiger partial charge in [0.25, 0.3) is 0 Å². The molecule has 4 heteroatoms. The predicted molar refractivity (Wildman–Crippen MR) is 63.5 cm³/mol. The molecule has 18 heavy (non-hydrogen) atoms. The summed E-state index contributed by atoms with van der Waals surface area (Å²) in [6.07, 6.45) is 1.56. The van der Waals surface area contributed by atoms with Crippen LogP contribution in [0.1, 0.15) is 20.7 Å². The fourth-order valence-electron chi connectivity index (χ4n) is 2.44. The quantitative estimate of drug-likeness (QED) is 0.446. The van der Waals surface area contributed by atoms with Crippen molar-refractivity contribution in [2.24, 2.45) is 0 Å². The van der Waals surface area contributed by atoms with Crippen LogP contribution < -0.4 is 0 Å². The summed E-state index contributed by atoms with van der Waals surface area (Å²) in [5, 5.41) is 2.19. The smallest absolute Gasteiger partial charge is 0.346 e. The zero-order valence-corrected chi connectivity index (χ0v) is 9.10. The summed E-state index contributed by atoms with van der Waals surface area (Å²) in [6.45, 7) is 0. The summed E-state index contributed by atoms with van der Waals surface area (Å²) in [7, 11) is 0. The summed E-state index contributed by atoms with van der Waals surface area (Å²) in [4.78, 5) is 23.5. The highest BCUT2D eigenvalue weighted by Crippen LogP contribution is 2.34. The Morgan fingerprint density at radius 3 is 2.67 bits per heavy atom. The molecule has 4 nitrogen and oxygen atoms in total. The maximum Gasteiger partial charge on any atom is 0.346 e. The van der Waals surface area contributed by atoms with Gasteiger partial charge in [0, 0.05) is 16.2 Å². The first kappa shape index (κ1) is 9.41. The number of ether oxygens (including phenoxy) is 1. The van der Waals surface area contributed by atoms with E-state index in [1.807, 2.05) is 6.07 Å². The number of hydrogen-bond donors (Lipinski definition) is 0. The van der Waals surface area contributed by atoms with Crippen molar-refractivity contribution in [1.82, 2.24) is 0 Å². The second kappa shape index (κ2) is 2.98. The number of cyclic esters (lactones) is 2. The predicted octanol–water partition coefficient (Wildman–Crippen LogP) is 2.90. The van der Waals surface area contributed by atoms with Crippen LogP contribution in [-0.2, 0) is 4.74 Å². The van der Waals surface area contributed by atoms with Crippen molar-refractivity contribution in [1.29, 1.82) is 0 Å². The maximum atomic E-state index is 11.8. The highest BCUT2D eigenvalue weighted by Gasteiger charge is 2.28. The molecular formula is C14H6O4. The third-order valence-electron chi connectivity index (χ3n) is 3.20. The number of benzene rings is 2. The molecule has 0 fully saturated rings. The van der Waals surface area contributed by atoms with Crippen molar-refractivity contribution < 1.29 is 18.7 Å². The Morgan fingerprint density at radius 1 is 0.944 bits per heavy atom. The summed E-state index contributed by atoms with van der Waals surface area (Å²) < 4.78 is 10.1. The number of fused-ring (bicyclic) bond motifs is 2. The lowest BCUT2D eigenvalue weighted by molar-refractivity contribution is 0.0391. The molecular weight excluding hydrogens is 232 g/mol. The first-order valence-electron chi connectivity index (χ1n) is 5.45. The number of esters is 2. The Bertz CT molecular complexity index is 841. The summed E-state index contributed by atoms with van der Waals surface area (Å²) in [5.74, 6) is -1.21. The highest BCUT2D eigenvalue weighted by atomic mass is 16.6. The molecule has 2 aromatic carbocycles. The first-order chi connectivity index (χ1) is 8.75. The Labute approximate surface area is 101 Å². The average Bonchev–Trinajstić information content (AvgIpc) is 2.83. The molecule has 0 bridgehead atoms. The van der Waals surface area contributed by atoms with E-state index in [9.17, 15) is 9.59 Å². The van der Waals surface area contributed by atoms with Gasteiger partial charge >= 0.3 is 11.9 Å². The van der Waals surface area contributed by atoms with Crippen molar-refractivity contribution >= 4 is 33.7 Å². The Kier molecular flexibility index (Phi) is 1.56. The van der Waals surface area contributed by atoms with Gasteiger partial charge in [-0.2, -0.15) is 0 Å². The van der Waals surface area contributed by atoms with Crippen LogP contribution in [0.2, 0.25) is 0 Å². The number of hydrogen-bond acceptors (Lipinski definition) is 4. The van der Waals surface area contributed by atoms with Crippen LogP contribution in [0.5, 0.6) is 0 Å². The zero-order chi connectivity index (χ0) is 12.3. The van der Waals surface area contributed by atoms with E-state index in [1.165, 1.54) is 0 Å². The minimum absolute atomic E-state index is 0.403. The third kappa shape index (κ3) is 0.996. The van der Waals surface area contributed by atoms with Gasteiger partial charge in [-0.3, -0.25) is 0 Å². The Morgan fingerprint density at radius 2 is 1.78 bits per heavy atom. The minimum atomic E-state index is -0.607. The molecule has 1 aliphatic rings. The summed E-state index contributed by atoms with van der Waals surface area (Å²) in [6, 6.07) is 8.71. The van der Waals surface area contributed by atoms with Crippen molar-refractivity contribution in [3.8, 4) is 0 Å². The van der Waals surface area contributed by atoms with Crippen molar-refractivity contribution in [2.45, 2.75) is 0 Å². The molecule has 0 saturated heterocycles. The van der Waals surface area contributed by atoms with E-state index in [1.54, 1.807) is 30.5 Å². The van der Waals surface area contributed by atoms with E-state index in [-0.39, 0.29) is 0 Å². The van der Waals surface area contributed by atoms with Crippen molar-refractivity contribution in [3.63, 3.8) is 0 Å². The monoisotopic (exact) mass is 238 g/mol. The van der Waals surface area contributed by atoms with Crippen molar-refractivity contribution in [3.05, 3.63) is 47.7 Å². The van der Waals surface area contributed by atoms with Gasteiger partial charge in [0.2, 0.25) is 0 Å². The topological polar surface area (TPSA) is 56.5 Å². The summed E-state index contributed by atoms with van der Waals surface area (Å²) >= 11 is 0. The van der Waals surface area contributed by atoms with E-state index in [0.29, 0.717) is 22.1 Å². The van der Waals surface area contributed by atoms with E-state index in [0.717, 1.165) is 10.8 Å². The van der Waals surface area contributed by atoms with Crippen LogP contribution in [0.25, 0.3) is 21.7 Å². The van der Waals surface area contributed by atoms with Gasteiger partial charge in [-0.15, -0.1) is 0 Å².